The number of carbonyl (C=O) groups excluding carboxylic acids is 3. The summed E-state index contributed by atoms with van der Waals surface area (Å²) in [5.74, 6) is -2.46. The maximum atomic E-state index is 13.0. The van der Waals surface area contributed by atoms with Crippen molar-refractivity contribution in [2.75, 3.05) is 0 Å². The van der Waals surface area contributed by atoms with Crippen molar-refractivity contribution in [2.45, 2.75) is 12.5 Å². The zero-order valence-corrected chi connectivity index (χ0v) is 15.9. The second kappa shape index (κ2) is 8.04. The Labute approximate surface area is 171 Å². The number of pyridine rings is 1. The Balaban J connectivity index is 1.62. The molecule has 0 fully saturated rings. The summed E-state index contributed by atoms with van der Waals surface area (Å²) in [6, 6.07) is 11.8. The van der Waals surface area contributed by atoms with E-state index in [0.717, 1.165) is 16.5 Å². The van der Waals surface area contributed by atoms with Crippen LogP contribution in [0.15, 0.2) is 67.3 Å². The molecule has 0 radical (unpaired) electrons. The van der Waals surface area contributed by atoms with Crippen molar-refractivity contribution >= 4 is 28.5 Å². The lowest BCUT2D eigenvalue weighted by molar-refractivity contribution is -0.137. The minimum atomic E-state index is -1.10. The van der Waals surface area contributed by atoms with E-state index in [1.54, 1.807) is 30.7 Å². The number of aromatic nitrogens is 3. The summed E-state index contributed by atoms with van der Waals surface area (Å²) in [5, 5.41) is 3.57. The number of carbonyl (C=O) groups is 3. The zero-order valence-electron chi connectivity index (χ0n) is 15.9. The van der Waals surface area contributed by atoms with E-state index in [-0.39, 0.29) is 6.42 Å². The molecule has 0 bridgehead atoms. The summed E-state index contributed by atoms with van der Waals surface area (Å²) in [5.41, 5.74) is 8.43. The predicted octanol–water partition coefficient (Wildman–Crippen LogP) is 1.95. The highest BCUT2D eigenvalue weighted by atomic mass is 16.2. The minimum Gasteiger partial charge on any atom is -0.366 e. The third-order valence-electron chi connectivity index (χ3n) is 4.89. The molecular formula is C22H19N5O3. The van der Waals surface area contributed by atoms with Crippen molar-refractivity contribution < 1.29 is 14.4 Å². The van der Waals surface area contributed by atoms with Crippen molar-refractivity contribution in [1.29, 1.82) is 0 Å². The number of para-hydroxylation sites is 1. The number of ketones is 1. The van der Waals surface area contributed by atoms with Crippen LogP contribution in [0.1, 0.15) is 15.9 Å². The Bertz CT molecular complexity index is 1230. The van der Waals surface area contributed by atoms with E-state index in [0.29, 0.717) is 16.8 Å². The lowest BCUT2D eigenvalue weighted by atomic mass is 10.0. The van der Waals surface area contributed by atoms with Crippen LogP contribution in [0.2, 0.25) is 0 Å². The second-order valence-electron chi connectivity index (χ2n) is 6.82. The molecule has 0 saturated carbocycles. The molecule has 0 aliphatic heterocycles. The summed E-state index contributed by atoms with van der Waals surface area (Å²) in [7, 11) is 0. The number of rotatable bonds is 7. The Hall–Kier alpha value is -4.20. The predicted molar refractivity (Wildman–Crippen MR) is 111 cm³/mol. The maximum Gasteiger partial charge on any atom is 0.287 e. The van der Waals surface area contributed by atoms with Gasteiger partial charge in [-0.15, -0.1) is 0 Å². The van der Waals surface area contributed by atoms with Gasteiger partial charge in [-0.3, -0.25) is 19.4 Å². The first-order valence-corrected chi connectivity index (χ1v) is 9.32. The Morgan fingerprint density at radius 1 is 1.03 bits per heavy atom. The smallest absolute Gasteiger partial charge is 0.287 e. The van der Waals surface area contributed by atoms with Crippen molar-refractivity contribution in [3.63, 3.8) is 0 Å². The number of aromatic amines is 2. The second-order valence-corrected chi connectivity index (χ2v) is 6.82. The summed E-state index contributed by atoms with van der Waals surface area (Å²) in [4.78, 5) is 47.3. The van der Waals surface area contributed by atoms with Gasteiger partial charge in [-0.2, -0.15) is 0 Å². The third-order valence-corrected chi connectivity index (χ3v) is 4.89. The van der Waals surface area contributed by atoms with E-state index < -0.39 is 23.6 Å². The van der Waals surface area contributed by atoms with Crippen LogP contribution < -0.4 is 11.1 Å². The summed E-state index contributed by atoms with van der Waals surface area (Å²) < 4.78 is 0. The largest absolute Gasteiger partial charge is 0.366 e. The summed E-state index contributed by atoms with van der Waals surface area (Å²) in [6.45, 7) is 0. The van der Waals surface area contributed by atoms with E-state index in [2.05, 4.69) is 20.3 Å². The van der Waals surface area contributed by atoms with Crippen LogP contribution in [0.4, 0.5) is 0 Å². The van der Waals surface area contributed by atoms with Gasteiger partial charge in [0.05, 0.1) is 11.3 Å². The molecule has 1 atom stereocenters. The van der Waals surface area contributed by atoms with Gasteiger partial charge in [0, 0.05) is 47.7 Å². The Morgan fingerprint density at radius 3 is 2.60 bits per heavy atom. The van der Waals surface area contributed by atoms with Crippen LogP contribution in [-0.4, -0.2) is 38.6 Å². The SMILES string of the molecule is NC(=O)C(=O)C(Cc1c[nH]c2ccccc12)NC(=O)c1c[nH]cc1-c1ccccn1. The average Bonchev–Trinajstić information content (AvgIpc) is 3.41. The van der Waals surface area contributed by atoms with Crippen LogP contribution in [-0.2, 0) is 16.0 Å². The molecule has 0 spiro atoms. The molecule has 0 aliphatic carbocycles. The standard InChI is InChI=1S/C22H19N5O3/c23-21(29)20(28)19(9-13-10-26-17-6-2-1-5-14(13)17)27-22(30)16-12-24-11-15(16)18-7-3-4-8-25-18/h1-8,10-12,19,24,26H,9H2,(H2,23,29)(H,27,30). The molecule has 1 aromatic carbocycles. The van der Waals surface area contributed by atoms with Crippen LogP contribution in [0.3, 0.4) is 0 Å². The first kappa shape index (κ1) is 19.1. The topological polar surface area (TPSA) is 134 Å². The van der Waals surface area contributed by atoms with Gasteiger partial charge in [-0.1, -0.05) is 24.3 Å². The van der Waals surface area contributed by atoms with Gasteiger partial charge in [-0.05, 0) is 23.8 Å². The third kappa shape index (κ3) is 3.70. The lowest BCUT2D eigenvalue weighted by Gasteiger charge is -2.16. The number of nitrogens with two attached hydrogens (primary N) is 1. The van der Waals surface area contributed by atoms with Gasteiger partial charge < -0.3 is 21.0 Å². The quantitative estimate of drug-likeness (QED) is 0.352. The molecule has 0 saturated heterocycles. The van der Waals surface area contributed by atoms with Crippen molar-refractivity contribution in [3.8, 4) is 11.3 Å². The fourth-order valence-electron chi connectivity index (χ4n) is 3.42. The highest BCUT2D eigenvalue weighted by Crippen LogP contribution is 2.22. The highest BCUT2D eigenvalue weighted by molar-refractivity contribution is 6.38. The Kier molecular flexibility index (Phi) is 5.13. The van der Waals surface area contributed by atoms with Gasteiger partial charge >= 0.3 is 0 Å². The number of amides is 2. The van der Waals surface area contributed by atoms with E-state index in [1.807, 2.05) is 30.3 Å². The number of Topliss-reactive ketones (excluding diaryl/α,β-unsaturated/α-hetero) is 1. The van der Waals surface area contributed by atoms with Crippen LogP contribution >= 0.6 is 0 Å². The van der Waals surface area contributed by atoms with Crippen molar-refractivity contribution in [2.24, 2.45) is 5.73 Å². The first-order valence-electron chi connectivity index (χ1n) is 9.32. The number of fused-ring (bicyclic) bond motifs is 1. The molecule has 5 N–H and O–H groups in total. The molecule has 3 heterocycles. The highest BCUT2D eigenvalue weighted by Gasteiger charge is 2.28. The van der Waals surface area contributed by atoms with Crippen molar-refractivity contribution in [1.82, 2.24) is 20.3 Å². The van der Waals surface area contributed by atoms with Gasteiger partial charge in [0.1, 0.15) is 6.04 Å². The molecule has 8 nitrogen and oxygen atoms in total. The van der Waals surface area contributed by atoms with Crippen molar-refractivity contribution in [3.05, 3.63) is 78.4 Å². The number of H-pyrrole nitrogens is 2. The fraction of sp³-hybridized carbons (Fsp3) is 0.0909. The number of nitrogens with one attached hydrogen (secondary N) is 3. The molecule has 1 unspecified atom stereocenters. The molecular weight excluding hydrogens is 382 g/mol. The molecule has 2 amide bonds. The molecule has 8 heteroatoms. The van der Waals surface area contributed by atoms with E-state index in [9.17, 15) is 14.4 Å². The van der Waals surface area contributed by atoms with E-state index in [1.165, 1.54) is 6.20 Å². The minimum absolute atomic E-state index is 0.126. The van der Waals surface area contributed by atoms with E-state index in [4.69, 9.17) is 5.73 Å². The van der Waals surface area contributed by atoms with Gasteiger partial charge in [0.25, 0.3) is 11.8 Å². The zero-order chi connectivity index (χ0) is 21.1. The monoisotopic (exact) mass is 401 g/mol. The molecule has 30 heavy (non-hydrogen) atoms. The summed E-state index contributed by atoms with van der Waals surface area (Å²) >= 11 is 0. The first-order chi connectivity index (χ1) is 14.5. The van der Waals surface area contributed by atoms with Gasteiger partial charge in [0.15, 0.2) is 0 Å². The fourth-order valence-corrected chi connectivity index (χ4v) is 3.42. The number of benzene rings is 1. The molecule has 4 rings (SSSR count). The van der Waals surface area contributed by atoms with Crippen LogP contribution in [0, 0.1) is 0 Å². The Morgan fingerprint density at radius 2 is 1.83 bits per heavy atom. The normalized spacial score (nSPS) is 11.9. The number of primary amides is 1. The maximum absolute atomic E-state index is 13.0. The molecule has 150 valence electrons. The van der Waals surface area contributed by atoms with E-state index >= 15 is 0 Å². The van der Waals surface area contributed by atoms with Crippen LogP contribution in [0.5, 0.6) is 0 Å². The molecule has 3 aromatic heterocycles. The number of hydrogen-bond donors (Lipinski definition) is 4. The molecule has 4 aromatic rings. The lowest BCUT2D eigenvalue weighted by Crippen LogP contribution is -2.47. The number of hydrogen-bond acceptors (Lipinski definition) is 4. The van der Waals surface area contributed by atoms with Gasteiger partial charge in [-0.25, -0.2) is 0 Å². The van der Waals surface area contributed by atoms with Gasteiger partial charge in [0.2, 0.25) is 5.78 Å². The molecule has 0 aliphatic rings. The number of nitrogens with zero attached hydrogens (tertiary/aromatic N) is 1. The van der Waals surface area contributed by atoms with Crippen LogP contribution in [0.25, 0.3) is 22.2 Å². The average molecular weight is 401 g/mol. The summed E-state index contributed by atoms with van der Waals surface area (Å²) in [6.07, 6.45) is 6.69.